The zero-order chi connectivity index (χ0) is 9.52. The van der Waals surface area contributed by atoms with Gasteiger partial charge in [-0.05, 0) is 39.3 Å². The van der Waals surface area contributed by atoms with Gasteiger partial charge in [0.15, 0.2) is 0 Å². The Kier molecular flexibility index (Phi) is 5.35. The van der Waals surface area contributed by atoms with Crippen molar-refractivity contribution in [2.24, 2.45) is 5.73 Å². The molecule has 0 bridgehead atoms. The first kappa shape index (κ1) is 11.0. The van der Waals surface area contributed by atoms with Gasteiger partial charge < -0.3 is 15.4 Å². The lowest BCUT2D eigenvalue weighted by atomic mass is 10.1. The first-order valence-electron chi connectivity index (χ1n) is 5.40. The monoisotopic (exact) mass is 186 g/mol. The molecule has 0 spiro atoms. The van der Waals surface area contributed by atoms with E-state index >= 15 is 0 Å². The number of ether oxygens (including phenoxy) is 1. The van der Waals surface area contributed by atoms with E-state index in [1.807, 2.05) is 0 Å². The van der Waals surface area contributed by atoms with Crippen molar-refractivity contribution in [1.82, 2.24) is 4.90 Å². The van der Waals surface area contributed by atoms with Crippen molar-refractivity contribution in [2.45, 2.75) is 32.3 Å². The van der Waals surface area contributed by atoms with Crippen LogP contribution in [-0.2, 0) is 4.74 Å². The average molecular weight is 186 g/mol. The van der Waals surface area contributed by atoms with E-state index in [0.29, 0.717) is 6.10 Å². The maximum absolute atomic E-state index is 5.58. The Morgan fingerprint density at radius 2 is 2.08 bits per heavy atom. The Morgan fingerprint density at radius 1 is 1.38 bits per heavy atom. The summed E-state index contributed by atoms with van der Waals surface area (Å²) in [5.41, 5.74) is 5.47. The zero-order valence-electron chi connectivity index (χ0n) is 8.67. The summed E-state index contributed by atoms with van der Waals surface area (Å²) in [5.74, 6) is 0. The van der Waals surface area contributed by atoms with Crippen molar-refractivity contribution in [1.29, 1.82) is 0 Å². The van der Waals surface area contributed by atoms with Crippen LogP contribution in [0.2, 0.25) is 0 Å². The number of hydrogen-bond donors (Lipinski definition) is 1. The minimum absolute atomic E-state index is 0.513. The molecule has 0 atom stereocenters. The summed E-state index contributed by atoms with van der Waals surface area (Å²) in [6.45, 7) is 7.27. The van der Waals surface area contributed by atoms with Crippen LogP contribution in [0.15, 0.2) is 0 Å². The largest absolute Gasteiger partial charge is 0.378 e. The third kappa shape index (κ3) is 4.07. The maximum Gasteiger partial charge on any atom is 0.0599 e. The molecule has 2 N–H and O–H groups in total. The van der Waals surface area contributed by atoms with Crippen molar-refractivity contribution in [3.05, 3.63) is 0 Å². The van der Waals surface area contributed by atoms with Crippen LogP contribution in [0.5, 0.6) is 0 Å². The molecule has 3 heteroatoms. The smallest absolute Gasteiger partial charge is 0.0599 e. The molecule has 0 saturated carbocycles. The summed E-state index contributed by atoms with van der Waals surface area (Å²) in [6, 6.07) is 0. The van der Waals surface area contributed by atoms with Gasteiger partial charge in [-0.15, -0.1) is 0 Å². The predicted molar refractivity (Wildman–Crippen MR) is 54.8 cm³/mol. The van der Waals surface area contributed by atoms with Crippen LogP contribution in [0, 0.1) is 0 Å². The molecule has 1 rings (SSSR count). The number of likely N-dealkylation sites (tertiary alicyclic amines) is 1. The molecule has 1 heterocycles. The van der Waals surface area contributed by atoms with Gasteiger partial charge in [0.25, 0.3) is 0 Å². The zero-order valence-corrected chi connectivity index (χ0v) is 8.67. The van der Waals surface area contributed by atoms with E-state index in [1.54, 1.807) is 0 Å². The van der Waals surface area contributed by atoms with Crippen molar-refractivity contribution in [3.8, 4) is 0 Å². The highest BCUT2D eigenvalue weighted by Gasteiger charge is 2.18. The topological polar surface area (TPSA) is 38.5 Å². The van der Waals surface area contributed by atoms with Crippen LogP contribution < -0.4 is 5.73 Å². The minimum atomic E-state index is 0.513. The number of rotatable bonds is 5. The molecule has 0 radical (unpaired) electrons. The highest BCUT2D eigenvalue weighted by Crippen LogP contribution is 2.13. The third-order valence-corrected chi connectivity index (χ3v) is 2.62. The van der Waals surface area contributed by atoms with Crippen LogP contribution in [0.4, 0.5) is 0 Å². The molecule has 13 heavy (non-hydrogen) atoms. The molecule has 0 aliphatic carbocycles. The van der Waals surface area contributed by atoms with E-state index in [1.165, 1.54) is 25.9 Å². The Balaban J connectivity index is 2.08. The average Bonchev–Trinajstić information content (AvgIpc) is 2.17. The van der Waals surface area contributed by atoms with Gasteiger partial charge >= 0.3 is 0 Å². The van der Waals surface area contributed by atoms with E-state index < -0.39 is 0 Å². The molecule has 1 saturated heterocycles. The Morgan fingerprint density at radius 3 is 2.62 bits per heavy atom. The second-order valence-electron chi connectivity index (χ2n) is 3.64. The molecule has 0 aromatic heterocycles. The number of nitrogens with zero attached hydrogens (tertiary/aromatic N) is 1. The summed E-state index contributed by atoms with van der Waals surface area (Å²) in [7, 11) is 0. The molecule has 0 aromatic carbocycles. The SMILES string of the molecule is CCOC1CCN(CCCN)CC1. The Hall–Kier alpha value is -0.120. The van der Waals surface area contributed by atoms with Crippen LogP contribution in [0.25, 0.3) is 0 Å². The highest BCUT2D eigenvalue weighted by atomic mass is 16.5. The van der Waals surface area contributed by atoms with E-state index in [-0.39, 0.29) is 0 Å². The van der Waals surface area contributed by atoms with Crippen molar-refractivity contribution >= 4 is 0 Å². The molecule has 0 unspecified atom stereocenters. The molecule has 78 valence electrons. The normalized spacial score (nSPS) is 20.8. The minimum Gasteiger partial charge on any atom is -0.378 e. The highest BCUT2D eigenvalue weighted by molar-refractivity contribution is 4.72. The molecular formula is C10H22N2O. The van der Waals surface area contributed by atoms with Gasteiger partial charge in [0, 0.05) is 19.7 Å². The summed E-state index contributed by atoms with van der Waals surface area (Å²) in [4.78, 5) is 2.49. The lowest BCUT2D eigenvalue weighted by molar-refractivity contribution is 0.0142. The lowest BCUT2D eigenvalue weighted by Gasteiger charge is -2.31. The molecular weight excluding hydrogens is 164 g/mol. The summed E-state index contributed by atoms with van der Waals surface area (Å²) in [6.07, 6.45) is 4.02. The number of nitrogens with two attached hydrogens (primary N) is 1. The Bertz CT molecular complexity index is 122. The second kappa shape index (κ2) is 6.35. The van der Waals surface area contributed by atoms with Crippen LogP contribution in [0.3, 0.4) is 0 Å². The van der Waals surface area contributed by atoms with Gasteiger partial charge in [-0.1, -0.05) is 0 Å². The van der Waals surface area contributed by atoms with E-state index in [9.17, 15) is 0 Å². The van der Waals surface area contributed by atoms with Gasteiger partial charge in [-0.3, -0.25) is 0 Å². The van der Waals surface area contributed by atoms with Gasteiger partial charge in [0.05, 0.1) is 6.10 Å². The third-order valence-electron chi connectivity index (χ3n) is 2.62. The predicted octanol–water partition coefficient (Wildman–Crippen LogP) is 0.836. The van der Waals surface area contributed by atoms with E-state index in [4.69, 9.17) is 10.5 Å². The fourth-order valence-electron chi connectivity index (χ4n) is 1.85. The van der Waals surface area contributed by atoms with Crippen molar-refractivity contribution in [3.63, 3.8) is 0 Å². The van der Waals surface area contributed by atoms with E-state index in [2.05, 4.69) is 11.8 Å². The van der Waals surface area contributed by atoms with Gasteiger partial charge in [0.2, 0.25) is 0 Å². The Labute approximate surface area is 81.2 Å². The molecule has 1 aliphatic heterocycles. The molecule has 3 nitrogen and oxygen atoms in total. The van der Waals surface area contributed by atoms with Crippen LogP contribution >= 0.6 is 0 Å². The quantitative estimate of drug-likeness (QED) is 0.691. The molecule has 1 aliphatic rings. The summed E-state index contributed by atoms with van der Waals surface area (Å²) >= 11 is 0. The van der Waals surface area contributed by atoms with Crippen molar-refractivity contribution in [2.75, 3.05) is 32.8 Å². The van der Waals surface area contributed by atoms with Gasteiger partial charge in [-0.25, -0.2) is 0 Å². The number of hydrogen-bond acceptors (Lipinski definition) is 3. The summed E-state index contributed by atoms with van der Waals surface area (Å²) < 4.78 is 5.58. The van der Waals surface area contributed by atoms with Gasteiger partial charge in [-0.2, -0.15) is 0 Å². The summed E-state index contributed by atoms with van der Waals surface area (Å²) in [5, 5.41) is 0. The first-order chi connectivity index (χ1) is 6.36. The first-order valence-corrected chi connectivity index (χ1v) is 5.40. The van der Waals surface area contributed by atoms with Gasteiger partial charge in [0.1, 0.15) is 0 Å². The second-order valence-corrected chi connectivity index (χ2v) is 3.64. The fraction of sp³-hybridized carbons (Fsp3) is 1.00. The fourth-order valence-corrected chi connectivity index (χ4v) is 1.85. The van der Waals surface area contributed by atoms with Crippen LogP contribution in [0.1, 0.15) is 26.2 Å². The van der Waals surface area contributed by atoms with E-state index in [0.717, 1.165) is 26.1 Å². The molecule has 0 aromatic rings. The standard InChI is InChI=1S/C10H22N2O/c1-2-13-10-4-8-12(9-5-10)7-3-6-11/h10H,2-9,11H2,1H3. The number of piperidine rings is 1. The maximum atomic E-state index is 5.58. The van der Waals surface area contributed by atoms with Crippen molar-refractivity contribution < 1.29 is 4.74 Å². The van der Waals surface area contributed by atoms with Crippen LogP contribution in [-0.4, -0.2) is 43.8 Å². The molecule has 0 amide bonds. The lowest BCUT2D eigenvalue weighted by Crippen LogP contribution is -2.38. The molecule has 1 fully saturated rings.